The number of fused-ring (bicyclic) bond motifs is 1. The molecule has 0 bridgehead atoms. The minimum absolute atomic E-state index is 0.428. The summed E-state index contributed by atoms with van der Waals surface area (Å²) in [6.07, 6.45) is 6.66. The molecule has 2 aromatic carbocycles. The fourth-order valence-corrected chi connectivity index (χ4v) is 4.02. The van der Waals surface area contributed by atoms with Crippen molar-refractivity contribution in [1.82, 2.24) is 0 Å². The molecular weight excluding hydrogens is 254 g/mol. The van der Waals surface area contributed by atoms with Crippen molar-refractivity contribution in [2.45, 2.75) is 57.4 Å². The standard InChI is InChI=1S/C20H25N/c1-3-16-8-6-12-21(16)17-13-15-7-4-5-9-18(15)19(14-17)20(2)10-11-20/h4-5,7,9,13-14,16H,3,6,8,10-12H2,1-2H3. The number of hydrogen-bond donors (Lipinski definition) is 0. The average molecular weight is 279 g/mol. The second-order valence-electron chi connectivity index (χ2n) is 7.17. The van der Waals surface area contributed by atoms with Crippen LogP contribution in [0.25, 0.3) is 10.8 Å². The Hall–Kier alpha value is -1.50. The Morgan fingerprint density at radius 2 is 2.00 bits per heavy atom. The summed E-state index contributed by atoms with van der Waals surface area (Å²) in [5.41, 5.74) is 3.47. The number of benzene rings is 2. The Kier molecular flexibility index (Phi) is 2.99. The van der Waals surface area contributed by atoms with Crippen molar-refractivity contribution in [2.24, 2.45) is 0 Å². The molecule has 1 heterocycles. The molecule has 1 saturated carbocycles. The second-order valence-corrected chi connectivity index (χ2v) is 7.17. The zero-order valence-corrected chi connectivity index (χ0v) is 13.2. The van der Waals surface area contributed by atoms with Gasteiger partial charge in [-0.15, -0.1) is 0 Å². The summed E-state index contributed by atoms with van der Waals surface area (Å²) >= 11 is 0. The first-order chi connectivity index (χ1) is 10.2. The monoisotopic (exact) mass is 279 g/mol. The molecule has 1 nitrogen and oxygen atoms in total. The van der Waals surface area contributed by atoms with Crippen LogP contribution in [0.1, 0.15) is 51.5 Å². The van der Waals surface area contributed by atoms with Crippen molar-refractivity contribution >= 4 is 16.5 Å². The van der Waals surface area contributed by atoms with Crippen LogP contribution in [0.2, 0.25) is 0 Å². The molecule has 1 atom stereocenters. The van der Waals surface area contributed by atoms with E-state index in [1.54, 1.807) is 5.56 Å². The molecule has 1 saturated heterocycles. The van der Waals surface area contributed by atoms with Crippen LogP contribution in [-0.4, -0.2) is 12.6 Å². The van der Waals surface area contributed by atoms with Crippen LogP contribution in [0, 0.1) is 0 Å². The number of anilines is 1. The highest BCUT2D eigenvalue weighted by Gasteiger charge is 2.40. The Morgan fingerprint density at radius 1 is 1.19 bits per heavy atom. The van der Waals surface area contributed by atoms with Gasteiger partial charge in [0.15, 0.2) is 0 Å². The predicted octanol–water partition coefficient (Wildman–Crippen LogP) is 5.27. The fourth-order valence-electron chi connectivity index (χ4n) is 4.02. The lowest BCUT2D eigenvalue weighted by Gasteiger charge is -2.28. The summed E-state index contributed by atoms with van der Waals surface area (Å²) < 4.78 is 0. The summed E-state index contributed by atoms with van der Waals surface area (Å²) in [5.74, 6) is 0. The quantitative estimate of drug-likeness (QED) is 0.739. The summed E-state index contributed by atoms with van der Waals surface area (Å²) in [6.45, 7) is 5.99. The van der Waals surface area contributed by atoms with E-state index in [0.717, 1.165) is 6.04 Å². The minimum atomic E-state index is 0.428. The molecule has 2 aromatic rings. The van der Waals surface area contributed by atoms with Crippen LogP contribution in [0.5, 0.6) is 0 Å². The largest absolute Gasteiger partial charge is 0.369 e. The molecule has 0 N–H and O–H groups in total. The van der Waals surface area contributed by atoms with Crippen molar-refractivity contribution in [3.8, 4) is 0 Å². The van der Waals surface area contributed by atoms with Gasteiger partial charge in [-0.2, -0.15) is 0 Å². The van der Waals surface area contributed by atoms with Crippen molar-refractivity contribution in [3.63, 3.8) is 0 Å². The number of rotatable bonds is 3. The van der Waals surface area contributed by atoms with Gasteiger partial charge in [0.2, 0.25) is 0 Å². The molecule has 0 radical (unpaired) electrons. The van der Waals surface area contributed by atoms with Gasteiger partial charge in [0.1, 0.15) is 0 Å². The van der Waals surface area contributed by atoms with Gasteiger partial charge >= 0.3 is 0 Å². The van der Waals surface area contributed by atoms with Gasteiger partial charge in [-0.3, -0.25) is 0 Å². The first-order valence-electron chi connectivity index (χ1n) is 8.51. The van der Waals surface area contributed by atoms with E-state index in [4.69, 9.17) is 0 Å². The molecule has 1 unspecified atom stereocenters. The molecule has 1 heteroatoms. The SMILES string of the molecule is CCC1CCCN1c1cc(C2(C)CC2)c2ccccc2c1. The van der Waals surface area contributed by atoms with Crippen LogP contribution >= 0.6 is 0 Å². The highest BCUT2D eigenvalue weighted by atomic mass is 15.2. The van der Waals surface area contributed by atoms with Crippen LogP contribution < -0.4 is 4.90 Å². The molecule has 2 aliphatic rings. The van der Waals surface area contributed by atoms with E-state index in [2.05, 4.69) is 55.1 Å². The van der Waals surface area contributed by atoms with Crippen molar-refractivity contribution < 1.29 is 0 Å². The molecule has 1 aliphatic carbocycles. The van der Waals surface area contributed by atoms with Gasteiger partial charge in [0, 0.05) is 18.3 Å². The van der Waals surface area contributed by atoms with E-state index in [0.29, 0.717) is 5.41 Å². The summed E-state index contributed by atoms with van der Waals surface area (Å²) in [6, 6.07) is 14.6. The van der Waals surface area contributed by atoms with Crippen LogP contribution in [0.3, 0.4) is 0 Å². The smallest absolute Gasteiger partial charge is 0.0378 e. The molecule has 0 aromatic heterocycles. The number of nitrogens with zero attached hydrogens (tertiary/aromatic N) is 1. The van der Waals surface area contributed by atoms with Crippen LogP contribution in [0.4, 0.5) is 5.69 Å². The molecule has 4 rings (SSSR count). The normalized spacial score (nSPS) is 23.7. The Balaban J connectivity index is 1.87. The lowest BCUT2D eigenvalue weighted by Crippen LogP contribution is -2.28. The Bertz CT molecular complexity index is 669. The van der Waals surface area contributed by atoms with Crippen molar-refractivity contribution in [2.75, 3.05) is 11.4 Å². The molecule has 1 aliphatic heterocycles. The highest BCUT2D eigenvalue weighted by molar-refractivity contribution is 5.90. The van der Waals surface area contributed by atoms with E-state index in [1.165, 1.54) is 55.1 Å². The van der Waals surface area contributed by atoms with E-state index >= 15 is 0 Å². The van der Waals surface area contributed by atoms with Gasteiger partial charge in [-0.1, -0.05) is 38.1 Å². The molecule has 0 amide bonds. The summed E-state index contributed by atoms with van der Waals surface area (Å²) in [7, 11) is 0. The summed E-state index contributed by atoms with van der Waals surface area (Å²) in [5, 5.41) is 2.88. The van der Waals surface area contributed by atoms with E-state index in [-0.39, 0.29) is 0 Å². The maximum atomic E-state index is 2.65. The zero-order chi connectivity index (χ0) is 14.4. The first kappa shape index (κ1) is 13.2. The lowest BCUT2D eigenvalue weighted by atomic mass is 9.91. The van der Waals surface area contributed by atoms with Gasteiger partial charge in [-0.05, 0) is 66.0 Å². The van der Waals surface area contributed by atoms with Crippen molar-refractivity contribution in [3.05, 3.63) is 42.0 Å². The van der Waals surface area contributed by atoms with E-state index in [1.807, 2.05) is 0 Å². The minimum Gasteiger partial charge on any atom is -0.369 e. The Morgan fingerprint density at radius 3 is 2.76 bits per heavy atom. The third kappa shape index (κ3) is 2.14. The molecular formula is C20H25N. The maximum Gasteiger partial charge on any atom is 0.0378 e. The van der Waals surface area contributed by atoms with E-state index < -0.39 is 0 Å². The van der Waals surface area contributed by atoms with Gasteiger partial charge in [0.25, 0.3) is 0 Å². The lowest BCUT2D eigenvalue weighted by molar-refractivity contribution is 0.645. The molecule has 2 fully saturated rings. The van der Waals surface area contributed by atoms with Crippen LogP contribution in [0.15, 0.2) is 36.4 Å². The van der Waals surface area contributed by atoms with Gasteiger partial charge < -0.3 is 4.90 Å². The molecule has 0 spiro atoms. The molecule has 110 valence electrons. The number of hydrogen-bond acceptors (Lipinski definition) is 1. The predicted molar refractivity (Wildman–Crippen MR) is 91.2 cm³/mol. The second kappa shape index (κ2) is 4.76. The van der Waals surface area contributed by atoms with Gasteiger partial charge in [-0.25, -0.2) is 0 Å². The average Bonchev–Trinajstić information content (AvgIpc) is 3.09. The van der Waals surface area contributed by atoms with Gasteiger partial charge in [0.05, 0.1) is 0 Å². The van der Waals surface area contributed by atoms with E-state index in [9.17, 15) is 0 Å². The third-order valence-corrected chi connectivity index (χ3v) is 5.68. The fraction of sp³-hybridized carbons (Fsp3) is 0.500. The molecule has 21 heavy (non-hydrogen) atoms. The Labute approximate surface area is 128 Å². The highest BCUT2D eigenvalue weighted by Crippen LogP contribution is 2.51. The van der Waals surface area contributed by atoms with Crippen molar-refractivity contribution in [1.29, 1.82) is 0 Å². The summed E-state index contributed by atoms with van der Waals surface area (Å²) in [4.78, 5) is 2.65. The third-order valence-electron chi connectivity index (χ3n) is 5.68. The zero-order valence-electron chi connectivity index (χ0n) is 13.2. The maximum absolute atomic E-state index is 2.65. The first-order valence-corrected chi connectivity index (χ1v) is 8.51. The topological polar surface area (TPSA) is 3.24 Å². The van der Waals surface area contributed by atoms with Crippen LogP contribution in [-0.2, 0) is 5.41 Å².